The fraction of sp³-hybridized carbons (Fsp3) is 0.231. The summed E-state index contributed by atoms with van der Waals surface area (Å²) in [4.78, 5) is 25.2. The molecule has 0 saturated carbocycles. The summed E-state index contributed by atoms with van der Waals surface area (Å²) < 4.78 is 33.6. The van der Waals surface area contributed by atoms with Gasteiger partial charge in [-0.3, -0.25) is 4.79 Å². The maximum absolute atomic E-state index is 13.1. The average molecular weight is 515 g/mol. The van der Waals surface area contributed by atoms with Crippen molar-refractivity contribution >= 4 is 39.2 Å². The highest BCUT2D eigenvalue weighted by Crippen LogP contribution is 2.17. The predicted octanol–water partition coefficient (Wildman–Crippen LogP) is 4.83. The van der Waals surface area contributed by atoms with Crippen LogP contribution in [0.15, 0.2) is 83.8 Å². The van der Waals surface area contributed by atoms with Crippen LogP contribution in [0.2, 0.25) is 5.02 Å². The van der Waals surface area contributed by atoms with Crippen LogP contribution in [0.3, 0.4) is 0 Å². The minimum atomic E-state index is -3.99. The molecule has 0 aromatic heterocycles. The standard InChI is InChI=1S/C26H27ClN2O5S/c1-2-3-17-34-26(31)20-9-13-22(14-10-20)28-25(30)24(18-19-7-5-4-6-8-19)29-35(32,33)23-15-11-21(27)12-16-23/h4-16,24,29H,2-3,17-18H2,1H3,(H,28,30). The lowest BCUT2D eigenvalue weighted by molar-refractivity contribution is -0.117. The maximum Gasteiger partial charge on any atom is 0.338 e. The van der Waals surface area contributed by atoms with Crippen LogP contribution in [0.4, 0.5) is 5.69 Å². The normalized spacial score (nSPS) is 12.1. The Kier molecular flexibility index (Phi) is 9.42. The molecule has 9 heteroatoms. The summed E-state index contributed by atoms with van der Waals surface area (Å²) in [6, 6.07) is 19.9. The molecule has 1 atom stereocenters. The molecular weight excluding hydrogens is 488 g/mol. The van der Waals surface area contributed by atoms with Crippen LogP contribution in [0.5, 0.6) is 0 Å². The Labute approximate surface area is 210 Å². The fourth-order valence-electron chi connectivity index (χ4n) is 3.22. The van der Waals surface area contributed by atoms with Gasteiger partial charge >= 0.3 is 5.97 Å². The first-order valence-corrected chi connectivity index (χ1v) is 13.0. The first-order chi connectivity index (χ1) is 16.8. The molecule has 1 unspecified atom stereocenters. The average Bonchev–Trinajstić information content (AvgIpc) is 2.85. The first kappa shape index (κ1) is 26.4. The molecule has 0 spiro atoms. The van der Waals surface area contributed by atoms with E-state index in [0.717, 1.165) is 18.4 Å². The van der Waals surface area contributed by atoms with Crippen molar-refractivity contribution in [2.24, 2.45) is 0 Å². The van der Waals surface area contributed by atoms with Gasteiger partial charge < -0.3 is 10.1 Å². The first-order valence-electron chi connectivity index (χ1n) is 11.2. The van der Waals surface area contributed by atoms with Gasteiger partial charge in [0.05, 0.1) is 17.1 Å². The number of anilines is 1. The Morgan fingerprint density at radius 2 is 1.60 bits per heavy atom. The number of carbonyl (C=O) groups is 2. The molecule has 7 nitrogen and oxygen atoms in total. The van der Waals surface area contributed by atoms with Gasteiger partial charge in [0.1, 0.15) is 6.04 Å². The SMILES string of the molecule is CCCCOC(=O)c1ccc(NC(=O)C(Cc2ccccc2)NS(=O)(=O)c2ccc(Cl)cc2)cc1. The second-order valence-electron chi connectivity index (χ2n) is 7.87. The molecule has 0 radical (unpaired) electrons. The van der Waals surface area contributed by atoms with Gasteiger partial charge in [-0.05, 0) is 66.9 Å². The number of unbranched alkanes of at least 4 members (excludes halogenated alkanes) is 1. The number of rotatable bonds is 11. The van der Waals surface area contributed by atoms with Crippen LogP contribution in [0.25, 0.3) is 0 Å². The molecular formula is C26H27ClN2O5S. The zero-order valence-corrected chi connectivity index (χ0v) is 20.8. The smallest absolute Gasteiger partial charge is 0.338 e. The third-order valence-electron chi connectivity index (χ3n) is 5.14. The van der Waals surface area contributed by atoms with Gasteiger partial charge in [-0.2, -0.15) is 4.72 Å². The second-order valence-corrected chi connectivity index (χ2v) is 10.0. The molecule has 0 bridgehead atoms. The number of carbonyl (C=O) groups excluding carboxylic acids is 2. The van der Waals surface area contributed by atoms with Gasteiger partial charge in [0.15, 0.2) is 0 Å². The molecule has 0 heterocycles. The van der Waals surface area contributed by atoms with Crippen molar-refractivity contribution in [3.8, 4) is 0 Å². The highest BCUT2D eigenvalue weighted by molar-refractivity contribution is 7.89. The summed E-state index contributed by atoms with van der Waals surface area (Å²) in [5.74, 6) is -0.973. The molecule has 0 aliphatic carbocycles. The maximum atomic E-state index is 13.1. The Morgan fingerprint density at radius 1 is 0.943 bits per heavy atom. The summed E-state index contributed by atoms with van der Waals surface area (Å²) >= 11 is 5.87. The van der Waals surface area contributed by atoms with Crippen LogP contribution < -0.4 is 10.0 Å². The van der Waals surface area contributed by atoms with E-state index in [1.54, 1.807) is 24.3 Å². The molecule has 0 aliphatic heterocycles. The van der Waals surface area contributed by atoms with E-state index in [1.165, 1.54) is 24.3 Å². The van der Waals surface area contributed by atoms with Crippen molar-refractivity contribution in [2.75, 3.05) is 11.9 Å². The molecule has 3 aromatic carbocycles. The summed E-state index contributed by atoms with van der Waals surface area (Å²) in [6.45, 7) is 2.36. The van der Waals surface area contributed by atoms with E-state index < -0.39 is 27.9 Å². The molecule has 3 rings (SSSR count). The Balaban J connectivity index is 1.75. The Morgan fingerprint density at radius 3 is 2.23 bits per heavy atom. The monoisotopic (exact) mass is 514 g/mol. The van der Waals surface area contributed by atoms with Crippen LogP contribution in [-0.4, -0.2) is 32.9 Å². The molecule has 35 heavy (non-hydrogen) atoms. The molecule has 2 N–H and O–H groups in total. The molecule has 3 aromatic rings. The van der Waals surface area contributed by atoms with E-state index in [4.69, 9.17) is 16.3 Å². The van der Waals surface area contributed by atoms with Gasteiger partial charge in [0.2, 0.25) is 15.9 Å². The van der Waals surface area contributed by atoms with Crippen LogP contribution >= 0.6 is 11.6 Å². The van der Waals surface area contributed by atoms with Crippen molar-refractivity contribution < 1.29 is 22.7 Å². The zero-order chi connectivity index (χ0) is 25.3. The quantitative estimate of drug-likeness (QED) is 0.282. The lowest BCUT2D eigenvalue weighted by Gasteiger charge is -2.19. The lowest BCUT2D eigenvalue weighted by atomic mass is 10.1. The van der Waals surface area contributed by atoms with E-state index in [2.05, 4.69) is 10.0 Å². The fourth-order valence-corrected chi connectivity index (χ4v) is 4.54. The zero-order valence-electron chi connectivity index (χ0n) is 19.2. The number of nitrogens with one attached hydrogen (secondary N) is 2. The third-order valence-corrected chi connectivity index (χ3v) is 6.88. The summed E-state index contributed by atoms with van der Waals surface area (Å²) in [6.07, 6.45) is 1.85. The Hall–Kier alpha value is -3.20. The number of amides is 1. The second kappa shape index (κ2) is 12.5. The van der Waals surface area contributed by atoms with Crippen LogP contribution in [0, 0.1) is 0 Å². The van der Waals surface area contributed by atoms with Crippen LogP contribution in [0.1, 0.15) is 35.7 Å². The summed E-state index contributed by atoms with van der Waals surface area (Å²) in [7, 11) is -3.99. The molecule has 0 fully saturated rings. The van der Waals surface area contributed by atoms with Crippen molar-refractivity contribution in [2.45, 2.75) is 37.1 Å². The largest absolute Gasteiger partial charge is 0.462 e. The molecule has 1 amide bonds. The van der Waals surface area contributed by atoms with Crippen LogP contribution in [-0.2, 0) is 26.0 Å². The highest BCUT2D eigenvalue weighted by Gasteiger charge is 2.26. The third kappa shape index (κ3) is 7.92. The minimum Gasteiger partial charge on any atom is -0.462 e. The molecule has 184 valence electrons. The molecule has 0 saturated heterocycles. The van der Waals surface area contributed by atoms with Crippen molar-refractivity contribution in [1.82, 2.24) is 4.72 Å². The molecule has 0 aliphatic rings. The number of esters is 1. The van der Waals surface area contributed by atoms with E-state index >= 15 is 0 Å². The van der Waals surface area contributed by atoms with E-state index in [9.17, 15) is 18.0 Å². The Bertz CT molecular complexity index is 1230. The summed E-state index contributed by atoms with van der Waals surface area (Å²) in [5.41, 5.74) is 1.57. The number of hydrogen-bond donors (Lipinski definition) is 2. The number of sulfonamides is 1. The highest BCUT2D eigenvalue weighted by atomic mass is 35.5. The minimum absolute atomic E-state index is 0.00120. The van der Waals surface area contributed by atoms with Gasteiger partial charge in [-0.1, -0.05) is 55.3 Å². The van der Waals surface area contributed by atoms with Crippen molar-refractivity contribution in [1.29, 1.82) is 0 Å². The number of benzene rings is 3. The van der Waals surface area contributed by atoms with Gasteiger partial charge in [-0.25, -0.2) is 13.2 Å². The number of ether oxygens (including phenoxy) is 1. The lowest BCUT2D eigenvalue weighted by Crippen LogP contribution is -2.45. The topological polar surface area (TPSA) is 102 Å². The van der Waals surface area contributed by atoms with Crippen molar-refractivity contribution in [3.63, 3.8) is 0 Å². The van der Waals surface area contributed by atoms with Gasteiger partial charge in [0.25, 0.3) is 0 Å². The number of halogens is 1. The summed E-state index contributed by atoms with van der Waals surface area (Å²) in [5, 5.41) is 3.13. The van der Waals surface area contributed by atoms with Gasteiger partial charge in [-0.15, -0.1) is 0 Å². The number of hydrogen-bond acceptors (Lipinski definition) is 5. The predicted molar refractivity (Wildman–Crippen MR) is 136 cm³/mol. The van der Waals surface area contributed by atoms with Crippen molar-refractivity contribution in [3.05, 3.63) is 95.0 Å². The van der Waals surface area contributed by atoms with E-state index in [-0.39, 0.29) is 11.3 Å². The van der Waals surface area contributed by atoms with Gasteiger partial charge in [0, 0.05) is 10.7 Å². The van der Waals surface area contributed by atoms with E-state index in [0.29, 0.717) is 22.9 Å². The van der Waals surface area contributed by atoms with E-state index in [1.807, 2.05) is 37.3 Å².